The Balaban J connectivity index is 2.86. The van der Waals surface area contributed by atoms with Crippen LogP contribution in [-0.4, -0.2) is 34.5 Å². The fourth-order valence-corrected chi connectivity index (χ4v) is 2.19. The van der Waals surface area contributed by atoms with Gasteiger partial charge in [0, 0.05) is 30.5 Å². The van der Waals surface area contributed by atoms with Gasteiger partial charge < -0.3 is 20.1 Å². The first-order chi connectivity index (χ1) is 7.47. The van der Waals surface area contributed by atoms with Crippen LogP contribution in [-0.2, 0) is 6.54 Å². The zero-order chi connectivity index (χ0) is 12.3. The second-order valence-electron chi connectivity index (χ2n) is 4.35. The standard InChI is InChI=1S/C12H22N2O2/c1-8-6-14(7-11(16)5-13-4)9(2)12(8)10(3)15/h6,10-11,13,15-16H,5,7H2,1-4H3. The van der Waals surface area contributed by atoms with E-state index in [0.717, 1.165) is 16.8 Å². The summed E-state index contributed by atoms with van der Waals surface area (Å²) in [5.74, 6) is 0. The molecule has 0 aromatic carbocycles. The molecule has 1 heterocycles. The quantitative estimate of drug-likeness (QED) is 0.694. The molecular formula is C12H22N2O2. The third kappa shape index (κ3) is 2.84. The summed E-state index contributed by atoms with van der Waals surface area (Å²) in [4.78, 5) is 0. The summed E-state index contributed by atoms with van der Waals surface area (Å²) >= 11 is 0. The van der Waals surface area contributed by atoms with Crippen molar-refractivity contribution >= 4 is 0 Å². The maximum atomic E-state index is 9.72. The summed E-state index contributed by atoms with van der Waals surface area (Å²) in [5.41, 5.74) is 3.07. The summed E-state index contributed by atoms with van der Waals surface area (Å²) in [6.45, 7) is 6.85. The molecule has 4 heteroatoms. The largest absolute Gasteiger partial charge is 0.390 e. The molecule has 1 aromatic heterocycles. The van der Waals surface area contributed by atoms with E-state index in [1.165, 1.54) is 0 Å². The highest BCUT2D eigenvalue weighted by Crippen LogP contribution is 2.23. The molecule has 4 nitrogen and oxygen atoms in total. The summed E-state index contributed by atoms with van der Waals surface area (Å²) in [7, 11) is 1.82. The first-order valence-electron chi connectivity index (χ1n) is 5.64. The molecule has 0 amide bonds. The lowest BCUT2D eigenvalue weighted by molar-refractivity contribution is 0.153. The number of aliphatic hydroxyl groups excluding tert-OH is 2. The number of aliphatic hydroxyl groups is 2. The van der Waals surface area contributed by atoms with Gasteiger partial charge in [0.05, 0.1) is 12.2 Å². The van der Waals surface area contributed by atoms with E-state index in [1.807, 2.05) is 31.7 Å². The van der Waals surface area contributed by atoms with Crippen LogP contribution in [0.1, 0.15) is 29.8 Å². The lowest BCUT2D eigenvalue weighted by Crippen LogP contribution is -2.28. The van der Waals surface area contributed by atoms with Crippen molar-refractivity contribution in [2.75, 3.05) is 13.6 Å². The number of aryl methyl sites for hydroxylation is 1. The lowest BCUT2D eigenvalue weighted by atomic mass is 10.1. The van der Waals surface area contributed by atoms with Crippen molar-refractivity contribution in [3.05, 3.63) is 23.0 Å². The van der Waals surface area contributed by atoms with Gasteiger partial charge in [-0.25, -0.2) is 0 Å². The topological polar surface area (TPSA) is 57.4 Å². The maximum Gasteiger partial charge on any atom is 0.0842 e. The van der Waals surface area contributed by atoms with Crippen molar-refractivity contribution in [3.8, 4) is 0 Å². The summed E-state index contributed by atoms with van der Waals surface area (Å²) in [6, 6.07) is 0. The van der Waals surface area contributed by atoms with Crippen LogP contribution in [0.4, 0.5) is 0 Å². The molecule has 0 saturated carbocycles. The van der Waals surface area contributed by atoms with Crippen LogP contribution in [0.3, 0.4) is 0 Å². The Morgan fingerprint density at radius 1 is 1.38 bits per heavy atom. The minimum Gasteiger partial charge on any atom is -0.390 e. The zero-order valence-electron chi connectivity index (χ0n) is 10.5. The molecule has 0 spiro atoms. The number of likely N-dealkylation sites (N-methyl/N-ethyl adjacent to an activating group) is 1. The Kier molecular flexibility index (Phi) is 4.53. The van der Waals surface area contributed by atoms with Gasteiger partial charge in [-0.05, 0) is 33.4 Å². The molecule has 0 bridgehead atoms. The SMILES string of the molecule is CNCC(O)Cn1cc(C)c(C(C)O)c1C. The predicted octanol–water partition coefficient (Wildman–Crippen LogP) is 0.739. The van der Waals surface area contributed by atoms with Gasteiger partial charge in [-0.1, -0.05) is 0 Å². The van der Waals surface area contributed by atoms with E-state index in [0.29, 0.717) is 13.1 Å². The van der Waals surface area contributed by atoms with Crippen molar-refractivity contribution in [3.63, 3.8) is 0 Å². The van der Waals surface area contributed by atoms with E-state index in [1.54, 1.807) is 6.92 Å². The first-order valence-corrected chi connectivity index (χ1v) is 5.64. The second-order valence-corrected chi connectivity index (χ2v) is 4.35. The molecule has 1 rings (SSSR count). The van der Waals surface area contributed by atoms with Crippen LogP contribution < -0.4 is 5.32 Å². The monoisotopic (exact) mass is 226 g/mol. The van der Waals surface area contributed by atoms with Crippen molar-refractivity contribution in [1.82, 2.24) is 9.88 Å². The highest BCUT2D eigenvalue weighted by atomic mass is 16.3. The molecule has 3 N–H and O–H groups in total. The van der Waals surface area contributed by atoms with Gasteiger partial charge in [-0.3, -0.25) is 0 Å². The number of hydrogen-bond donors (Lipinski definition) is 3. The van der Waals surface area contributed by atoms with E-state index < -0.39 is 12.2 Å². The molecule has 1 aromatic rings. The third-order valence-electron chi connectivity index (χ3n) is 2.86. The zero-order valence-corrected chi connectivity index (χ0v) is 10.5. The fraction of sp³-hybridized carbons (Fsp3) is 0.667. The van der Waals surface area contributed by atoms with Gasteiger partial charge in [0.25, 0.3) is 0 Å². The molecule has 0 aliphatic carbocycles. The van der Waals surface area contributed by atoms with Crippen molar-refractivity contribution < 1.29 is 10.2 Å². The highest BCUT2D eigenvalue weighted by molar-refractivity contribution is 5.32. The summed E-state index contributed by atoms with van der Waals surface area (Å²) in [5, 5.41) is 22.3. The van der Waals surface area contributed by atoms with Crippen LogP contribution in [0.25, 0.3) is 0 Å². The maximum absolute atomic E-state index is 9.72. The van der Waals surface area contributed by atoms with Crippen LogP contribution in [0.15, 0.2) is 6.20 Å². The predicted molar refractivity (Wildman–Crippen MR) is 64.5 cm³/mol. The van der Waals surface area contributed by atoms with Gasteiger partial charge in [0.1, 0.15) is 0 Å². The van der Waals surface area contributed by atoms with Crippen molar-refractivity contribution in [1.29, 1.82) is 0 Å². The van der Waals surface area contributed by atoms with Crippen LogP contribution in [0.5, 0.6) is 0 Å². The molecule has 0 aliphatic heterocycles. The minimum absolute atomic E-state index is 0.405. The smallest absolute Gasteiger partial charge is 0.0842 e. The Hall–Kier alpha value is -0.840. The Morgan fingerprint density at radius 3 is 2.44 bits per heavy atom. The third-order valence-corrected chi connectivity index (χ3v) is 2.86. The summed E-state index contributed by atoms with van der Waals surface area (Å²) in [6.07, 6.45) is 1.12. The van der Waals surface area contributed by atoms with E-state index in [4.69, 9.17) is 0 Å². The Labute approximate surface area is 96.9 Å². The van der Waals surface area contributed by atoms with Gasteiger partial charge in [0.15, 0.2) is 0 Å². The number of nitrogens with one attached hydrogen (secondary N) is 1. The van der Waals surface area contributed by atoms with E-state index in [2.05, 4.69) is 5.32 Å². The van der Waals surface area contributed by atoms with Crippen molar-refractivity contribution in [2.24, 2.45) is 0 Å². The number of aromatic nitrogens is 1. The van der Waals surface area contributed by atoms with Gasteiger partial charge >= 0.3 is 0 Å². The van der Waals surface area contributed by atoms with Gasteiger partial charge in [-0.2, -0.15) is 0 Å². The average molecular weight is 226 g/mol. The molecule has 92 valence electrons. The highest BCUT2D eigenvalue weighted by Gasteiger charge is 2.15. The number of nitrogens with zero attached hydrogens (tertiary/aromatic N) is 1. The molecule has 0 saturated heterocycles. The van der Waals surface area contributed by atoms with E-state index in [-0.39, 0.29) is 0 Å². The number of rotatable bonds is 5. The second kappa shape index (κ2) is 5.48. The van der Waals surface area contributed by atoms with Crippen LogP contribution in [0.2, 0.25) is 0 Å². The molecule has 2 atom stereocenters. The number of hydrogen-bond acceptors (Lipinski definition) is 3. The van der Waals surface area contributed by atoms with Crippen LogP contribution in [0, 0.1) is 13.8 Å². The van der Waals surface area contributed by atoms with Gasteiger partial charge in [0.2, 0.25) is 0 Å². The van der Waals surface area contributed by atoms with Crippen molar-refractivity contribution in [2.45, 2.75) is 39.5 Å². The molecule has 0 fully saturated rings. The molecule has 16 heavy (non-hydrogen) atoms. The van der Waals surface area contributed by atoms with Gasteiger partial charge in [-0.15, -0.1) is 0 Å². The molecular weight excluding hydrogens is 204 g/mol. The molecule has 2 unspecified atom stereocenters. The molecule has 0 aliphatic rings. The van der Waals surface area contributed by atoms with E-state index >= 15 is 0 Å². The van der Waals surface area contributed by atoms with E-state index in [9.17, 15) is 10.2 Å². The minimum atomic E-state index is -0.456. The lowest BCUT2D eigenvalue weighted by Gasteiger charge is -2.13. The normalized spacial score (nSPS) is 15.1. The summed E-state index contributed by atoms with van der Waals surface area (Å²) < 4.78 is 2.00. The average Bonchev–Trinajstić information content (AvgIpc) is 2.42. The van der Waals surface area contributed by atoms with Crippen LogP contribution >= 0.6 is 0 Å². The first kappa shape index (κ1) is 13.2. The Morgan fingerprint density at radius 2 is 2.00 bits per heavy atom. The fourth-order valence-electron chi connectivity index (χ4n) is 2.19. The Bertz CT molecular complexity index is 345. The molecule has 0 radical (unpaired) electrons.